The zero-order valence-corrected chi connectivity index (χ0v) is 12.5. The molecule has 2 rings (SSSR count). The lowest BCUT2D eigenvalue weighted by molar-refractivity contribution is 0.578. The Hall–Kier alpha value is -1.19. The average molecular weight is 277 g/mol. The van der Waals surface area contributed by atoms with Crippen molar-refractivity contribution in [3.8, 4) is 10.4 Å². The Kier molecular flexibility index (Phi) is 4.72. The molecule has 1 atom stereocenters. The van der Waals surface area contributed by atoms with Gasteiger partial charge in [-0.2, -0.15) is 0 Å². The molecule has 1 aromatic carbocycles. The largest absolute Gasteiger partial charge is 0.309 e. The highest BCUT2D eigenvalue weighted by atomic mass is 32.1. The maximum Gasteiger partial charge on any atom is 0.123 e. The topological polar surface area (TPSA) is 12.0 Å². The summed E-state index contributed by atoms with van der Waals surface area (Å²) in [4.78, 5) is 2.53. The van der Waals surface area contributed by atoms with Crippen molar-refractivity contribution in [2.75, 3.05) is 6.54 Å². The van der Waals surface area contributed by atoms with Crippen molar-refractivity contribution in [1.82, 2.24) is 5.32 Å². The fourth-order valence-corrected chi connectivity index (χ4v) is 3.22. The van der Waals surface area contributed by atoms with Crippen molar-refractivity contribution in [2.24, 2.45) is 0 Å². The summed E-state index contributed by atoms with van der Waals surface area (Å²) < 4.78 is 13.1. The zero-order valence-electron chi connectivity index (χ0n) is 11.7. The summed E-state index contributed by atoms with van der Waals surface area (Å²) in [7, 11) is 0. The molecule has 0 aliphatic rings. The van der Waals surface area contributed by atoms with E-state index in [4.69, 9.17) is 0 Å². The number of halogens is 1. The van der Waals surface area contributed by atoms with Gasteiger partial charge in [-0.05, 0) is 62.2 Å². The quantitative estimate of drug-likeness (QED) is 0.817. The van der Waals surface area contributed by atoms with E-state index >= 15 is 0 Å². The Morgan fingerprint density at radius 3 is 2.74 bits per heavy atom. The van der Waals surface area contributed by atoms with Crippen molar-refractivity contribution in [1.29, 1.82) is 0 Å². The maximum absolute atomic E-state index is 13.1. The number of thiophene rings is 1. The minimum atomic E-state index is -0.170. The number of hydrogen-bond acceptors (Lipinski definition) is 2. The first kappa shape index (κ1) is 14.2. The highest BCUT2D eigenvalue weighted by Gasteiger charge is 2.10. The van der Waals surface area contributed by atoms with Crippen LogP contribution in [0.4, 0.5) is 4.39 Å². The SMILES string of the molecule is CCCNC(C)c1ccc(-c2ccc(F)cc2C)s1. The molecule has 0 aliphatic heterocycles. The van der Waals surface area contributed by atoms with Crippen molar-refractivity contribution in [3.63, 3.8) is 0 Å². The number of nitrogens with one attached hydrogen (secondary N) is 1. The minimum absolute atomic E-state index is 0.170. The van der Waals surface area contributed by atoms with Crippen molar-refractivity contribution < 1.29 is 4.39 Å². The van der Waals surface area contributed by atoms with Crippen molar-refractivity contribution in [3.05, 3.63) is 46.6 Å². The lowest BCUT2D eigenvalue weighted by atomic mass is 10.1. The molecule has 0 radical (unpaired) electrons. The fraction of sp³-hybridized carbons (Fsp3) is 0.375. The molecule has 1 heterocycles. The van der Waals surface area contributed by atoms with Gasteiger partial charge in [-0.3, -0.25) is 0 Å². The molecular formula is C16H20FNS. The van der Waals surface area contributed by atoms with Crippen LogP contribution in [-0.4, -0.2) is 6.54 Å². The van der Waals surface area contributed by atoms with Gasteiger partial charge in [0.15, 0.2) is 0 Å². The number of rotatable bonds is 5. The third-order valence-electron chi connectivity index (χ3n) is 3.21. The molecule has 1 N–H and O–H groups in total. The van der Waals surface area contributed by atoms with Crippen molar-refractivity contribution in [2.45, 2.75) is 33.2 Å². The summed E-state index contributed by atoms with van der Waals surface area (Å²) >= 11 is 1.78. The average Bonchev–Trinajstić information content (AvgIpc) is 2.85. The molecule has 0 saturated heterocycles. The second kappa shape index (κ2) is 6.31. The highest BCUT2D eigenvalue weighted by Crippen LogP contribution is 2.33. The molecule has 0 fully saturated rings. The predicted octanol–water partition coefficient (Wildman–Crippen LogP) is 4.92. The van der Waals surface area contributed by atoms with Gasteiger partial charge in [0, 0.05) is 15.8 Å². The first-order valence-electron chi connectivity index (χ1n) is 6.71. The third-order valence-corrected chi connectivity index (χ3v) is 4.51. The standard InChI is InChI=1S/C16H20FNS/c1-4-9-18-12(3)15-7-8-16(19-15)14-6-5-13(17)10-11(14)2/h5-8,10,12,18H,4,9H2,1-3H3. The third kappa shape index (κ3) is 3.43. The van der Waals surface area contributed by atoms with Crippen LogP contribution in [0.3, 0.4) is 0 Å². The summed E-state index contributed by atoms with van der Waals surface area (Å²) in [6.07, 6.45) is 1.14. The first-order chi connectivity index (χ1) is 9.11. The number of hydrogen-bond donors (Lipinski definition) is 1. The molecule has 0 saturated carbocycles. The van der Waals surface area contributed by atoms with Gasteiger partial charge in [0.25, 0.3) is 0 Å². The normalized spacial score (nSPS) is 12.6. The molecule has 0 aliphatic carbocycles. The van der Waals surface area contributed by atoms with Crippen LogP contribution in [0.2, 0.25) is 0 Å². The lowest BCUT2D eigenvalue weighted by Crippen LogP contribution is -2.18. The molecule has 0 amide bonds. The Morgan fingerprint density at radius 1 is 1.26 bits per heavy atom. The molecule has 2 aromatic rings. The molecule has 3 heteroatoms. The lowest BCUT2D eigenvalue weighted by Gasteiger charge is -2.10. The van der Waals surface area contributed by atoms with Gasteiger partial charge in [0.2, 0.25) is 0 Å². The van der Waals surface area contributed by atoms with Gasteiger partial charge in [-0.25, -0.2) is 4.39 Å². The smallest absolute Gasteiger partial charge is 0.123 e. The van der Waals surface area contributed by atoms with Gasteiger partial charge in [0.05, 0.1) is 0 Å². The number of aryl methyl sites for hydroxylation is 1. The van der Waals surface area contributed by atoms with E-state index in [-0.39, 0.29) is 5.82 Å². The molecular weight excluding hydrogens is 257 g/mol. The molecule has 102 valence electrons. The number of benzene rings is 1. The minimum Gasteiger partial charge on any atom is -0.309 e. The van der Waals surface area contributed by atoms with E-state index in [2.05, 4.69) is 31.3 Å². The van der Waals surface area contributed by atoms with E-state index in [0.717, 1.165) is 24.1 Å². The Labute approximate surface area is 118 Å². The second-order valence-electron chi connectivity index (χ2n) is 4.84. The highest BCUT2D eigenvalue weighted by molar-refractivity contribution is 7.15. The van der Waals surface area contributed by atoms with Gasteiger partial charge in [-0.1, -0.05) is 13.0 Å². The summed E-state index contributed by atoms with van der Waals surface area (Å²) in [6, 6.07) is 9.65. The van der Waals surface area contributed by atoms with Crippen LogP contribution in [0.25, 0.3) is 10.4 Å². The second-order valence-corrected chi connectivity index (χ2v) is 5.95. The molecule has 0 bridgehead atoms. The summed E-state index contributed by atoms with van der Waals surface area (Å²) in [5.74, 6) is -0.170. The van der Waals surface area contributed by atoms with Crippen LogP contribution < -0.4 is 5.32 Å². The maximum atomic E-state index is 13.1. The molecule has 1 unspecified atom stereocenters. The van der Waals surface area contributed by atoms with Crippen LogP contribution in [-0.2, 0) is 0 Å². The molecule has 1 nitrogen and oxygen atoms in total. The Morgan fingerprint density at radius 2 is 2.05 bits per heavy atom. The van der Waals surface area contributed by atoms with Gasteiger partial charge in [-0.15, -0.1) is 11.3 Å². The summed E-state index contributed by atoms with van der Waals surface area (Å²) in [6.45, 7) is 7.34. The van der Waals surface area contributed by atoms with Crippen LogP contribution in [0.1, 0.15) is 36.8 Å². The monoisotopic (exact) mass is 277 g/mol. The predicted molar refractivity (Wildman–Crippen MR) is 81.2 cm³/mol. The van der Waals surface area contributed by atoms with Crippen LogP contribution >= 0.6 is 11.3 Å². The van der Waals surface area contributed by atoms with E-state index in [1.165, 1.54) is 15.8 Å². The van der Waals surface area contributed by atoms with Gasteiger partial charge in [0.1, 0.15) is 5.82 Å². The first-order valence-corrected chi connectivity index (χ1v) is 7.53. The molecule has 1 aromatic heterocycles. The zero-order chi connectivity index (χ0) is 13.8. The van der Waals surface area contributed by atoms with Crippen molar-refractivity contribution >= 4 is 11.3 Å². The van der Waals surface area contributed by atoms with E-state index in [1.807, 2.05) is 13.0 Å². The van der Waals surface area contributed by atoms with Crippen LogP contribution in [0.15, 0.2) is 30.3 Å². The summed E-state index contributed by atoms with van der Waals surface area (Å²) in [5.41, 5.74) is 2.11. The summed E-state index contributed by atoms with van der Waals surface area (Å²) in [5, 5.41) is 3.49. The molecule has 19 heavy (non-hydrogen) atoms. The van der Waals surface area contributed by atoms with E-state index in [9.17, 15) is 4.39 Å². The van der Waals surface area contributed by atoms with Crippen LogP contribution in [0, 0.1) is 12.7 Å². The van der Waals surface area contributed by atoms with Gasteiger partial charge >= 0.3 is 0 Å². The van der Waals surface area contributed by atoms with E-state index < -0.39 is 0 Å². The van der Waals surface area contributed by atoms with Crippen LogP contribution in [0.5, 0.6) is 0 Å². The molecule has 0 spiro atoms. The van der Waals surface area contributed by atoms with Gasteiger partial charge < -0.3 is 5.32 Å². The Bertz CT molecular complexity index is 547. The van der Waals surface area contributed by atoms with E-state index in [0.29, 0.717) is 6.04 Å². The van der Waals surface area contributed by atoms with E-state index in [1.54, 1.807) is 17.4 Å². The fourth-order valence-electron chi connectivity index (χ4n) is 2.10. The Balaban J connectivity index is 2.20.